The van der Waals surface area contributed by atoms with Crippen LogP contribution in [0, 0.1) is 6.92 Å². The molecule has 0 fully saturated rings. The number of nitrogens with zero attached hydrogens (tertiary/aromatic N) is 3. The van der Waals surface area contributed by atoms with E-state index >= 15 is 0 Å². The van der Waals surface area contributed by atoms with Gasteiger partial charge in [0.15, 0.2) is 0 Å². The van der Waals surface area contributed by atoms with E-state index in [1.165, 1.54) is 0 Å². The number of halogens is 1. The number of nitrogens with one attached hydrogen (secondary N) is 1. The van der Waals surface area contributed by atoms with E-state index in [0.29, 0.717) is 39.4 Å². The summed E-state index contributed by atoms with van der Waals surface area (Å²) in [5.41, 5.74) is 4.87. The quantitative estimate of drug-likeness (QED) is 0.352. The number of carbonyl (C=O) groups excluding carboxylic acids is 1. The van der Waals surface area contributed by atoms with E-state index in [-0.39, 0.29) is 6.03 Å². The molecular weight excluding hydrogens is 464 g/mol. The third-order valence-corrected chi connectivity index (χ3v) is 6.22. The number of amides is 2. The first-order chi connectivity index (χ1) is 16.9. The average molecular weight is 487 g/mol. The molecule has 0 saturated heterocycles. The minimum absolute atomic E-state index is 0.258. The van der Waals surface area contributed by atoms with Gasteiger partial charge in [0.05, 0.1) is 24.4 Å². The number of benzene rings is 3. The number of ether oxygens (including phenoxy) is 1. The van der Waals surface area contributed by atoms with Gasteiger partial charge in [-0.15, -0.1) is 0 Å². The predicted octanol–water partition coefficient (Wildman–Crippen LogP) is 6.41. The highest BCUT2D eigenvalue weighted by Crippen LogP contribution is 2.39. The normalized spacial score (nSPS) is 15.8. The van der Waals surface area contributed by atoms with E-state index in [4.69, 9.17) is 25.8 Å². The molecule has 2 heterocycles. The number of anilines is 1. The van der Waals surface area contributed by atoms with Crippen molar-refractivity contribution >= 4 is 28.9 Å². The number of hydrogen-bond acceptors (Lipinski definition) is 5. The van der Waals surface area contributed by atoms with Crippen LogP contribution in [0.3, 0.4) is 0 Å². The van der Waals surface area contributed by atoms with Crippen molar-refractivity contribution in [3.05, 3.63) is 101 Å². The van der Waals surface area contributed by atoms with Crippen LogP contribution in [0.15, 0.2) is 83.0 Å². The second kappa shape index (κ2) is 9.27. The molecule has 1 aliphatic heterocycles. The van der Waals surface area contributed by atoms with Crippen LogP contribution < -0.4 is 15.0 Å². The Bertz CT molecular complexity index is 1410. The van der Waals surface area contributed by atoms with Gasteiger partial charge in [-0.3, -0.25) is 4.90 Å². The van der Waals surface area contributed by atoms with Crippen molar-refractivity contribution < 1.29 is 14.1 Å². The van der Waals surface area contributed by atoms with Crippen LogP contribution in [0.25, 0.3) is 17.0 Å². The van der Waals surface area contributed by atoms with Crippen LogP contribution in [0.5, 0.6) is 5.75 Å². The standard InChI is InChI=1S/C27H23ClN4O3/c1-16-7-9-18(10-8-16)24-23(17(2)32(27(33)29-24)21-13-11-20(28)12-14-21)26-30-25(31-35-26)19-5-4-6-22(15-19)34-3/h4-15,24H,1-3H3,(H,29,33). The van der Waals surface area contributed by atoms with Crippen molar-refractivity contribution in [2.45, 2.75) is 19.9 Å². The third-order valence-electron chi connectivity index (χ3n) is 5.96. The van der Waals surface area contributed by atoms with Crippen LogP contribution in [0.1, 0.15) is 30.0 Å². The number of urea groups is 1. The van der Waals surface area contributed by atoms with Gasteiger partial charge in [-0.05, 0) is 55.8 Å². The molecule has 5 rings (SSSR count). The molecule has 8 heteroatoms. The van der Waals surface area contributed by atoms with Gasteiger partial charge in [0.25, 0.3) is 5.89 Å². The first-order valence-corrected chi connectivity index (χ1v) is 11.4. The Hall–Kier alpha value is -4.10. The van der Waals surface area contributed by atoms with Crippen LogP contribution in [0.4, 0.5) is 10.5 Å². The van der Waals surface area contributed by atoms with E-state index in [0.717, 1.165) is 16.7 Å². The van der Waals surface area contributed by atoms with E-state index in [2.05, 4.69) is 10.5 Å². The lowest BCUT2D eigenvalue weighted by atomic mass is 9.94. The van der Waals surface area contributed by atoms with Crippen LogP contribution in [-0.2, 0) is 0 Å². The van der Waals surface area contributed by atoms with Gasteiger partial charge in [0.2, 0.25) is 5.82 Å². The molecule has 3 aromatic carbocycles. The Morgan fingerprint density at radius 2 is 1.77 bits per heavy atom. The summed E-state index contributed by atoms with van der Waals surface area (Å²) >= 11 is 6.07. The highest BCUT2D eigenvalue weighted by atomic mass is 35.5. The van der Waals surface area contributed by atoms with E-state index in [9.17, 15) is 4.79 Å². The van der Waals surface area contributed by atoms with E-state index in [1.807, 2.05) is 62.4 Å². The predicted molar refractivity (Wildman–Crippen MR) is 135 cm³/mol. The molecule has 0 saturated carbocycles. The summed E-state index contributed by atoms with van der Waals surface area (Å²) in [6.45, 7) is 3.89. The van der Waals surface area contributed by atoms with E-state index in [1.54, 1.807) is 36.3 Å². The lowest BCUT2D eigenvalue weighted by Gasteiger charge is -2.35. The maximum Gasteiger partial charge on any atom is 0.326 e. The molecule has 7 nitrogen and oxygen atoms in total. The van der Waals surface area contributed by atoms with Crippen molar-refractivity contribution in [3.63, 3.8) is 0 Å². The highest BCUT2D eigenvalue weighted by Gasteiger charge is 2.36. The lowest BCUT2D eigenvalue weighted by molar-refractivity contribution is 0.244. The molecule has 176 valence electrons. The van der Waals surface area contributed by atoms with Gasteiger partial charge < -0.3 is 14.6 Å². The number of hydrogen-bond donors (Lipinski definition) is 1. The molecule has 4 aromatic rings. The van der Waals surface area contributed by atoms with Crippen LogP contribution in [0.2, 0.25) is 5.02 Å². The lowest BCUT2D eigenvalue weighted by Crippen LogP contribution is -2.46. The Balaban J connectivity index is 1.64. The minimum atomic E-state index is -0.467. The largest absolute Gasteiger partial charge is 0.497 e. The molecule has 1 aliphatic rings. The van der Waals surface area contributed by atoms with Gasteiger partial charge in [0, 0.05) is 16.3 Å². The van der Waals surface area contributed by atoms with Crippen molar-refractivity contribution in [1.82, 2.24) is 15.5 Å². The third kappa shape index (κ3) is 4.38. The fourth-order valence-corrected chi connectivity index (χ4v) is 4.27. The monoisotopic (exact) mass is 486 g/mol. The Morgan fingerprint density at radius 1 is 1.03 bits per heavy atom. The number of methoxy groups -OCH3 is 1. The highest BCUT2D eigenvalue weighted by molar-refractivity contribution is 6.30. The zero-order valence-corrected chi connectivity index (χ0v) is 20.2. The van der Waals surface area contributed by atoms with Crippen molar-refractivity contribution in [2.75, 3.05) is 12.0 Å². The zero-order valence-electron chi connectivity index (χ0n) is 19.4. The maximum absolute atomic E-state index is 13.3. The first kappa shape index (κ1) is 22.7. The maximum atomic E-state index is 13.3. The van der Waals surface area contributed by atoms with Crippen LogP contribution in [-0.4, -0.2) is 23.3 Å². The molecule has 1 aromatic heterocycles. The number of rotatable bonds is 5. The van der Waals surface area contributed by atoms with Crippen molar-refractivity contribution in [3.8, 4) is 17.1 Å². The van der Waals surface area contributed by atoms with Gasteiger partial charge in [-0.1, -0.05) is 58.7 Å². The summed E-state index contributed by atoms with van der Waals surface area (Å²) in [6, 6.07) is 21.8. The SMILES string of the molecule is COc1cccc(-c2noc(C3=C(C)N(c4ccc(Cl)cc4)C(=O)NC3c3ccc(C)cc3)n2)c1. The number of carbonyl (C=O) groups is 1. The molecule has 35 heavy (non-hydrogen) atoms. The van der Waals surface area contributed by atoms with Gasteiger partial charge in [-0.2, -0.15) is 4.98 Å². The first-order valence-electron chi connectivity index (χ1n) is 11.1. The van der Waals surface area contributed by atoms with Crippen molar-refractivity contribution in [2.24, 2.45) is 0 Å². The summed E-state index contributed by atoms with van der Waals surface area (Å²) < 4.78 is 11.1. The molecule has 0 radical (unpaired) electrons. The van der Waals surface area contributed by atoms with Gasteiger partial charge >= 0.3 is 6.03 Å². The molecule has 0 bridgehead atoms. The second-order valence-corrected chi connectivity index (χ2v) is 8.70. The molecular formula is C27H23ClN4O3. The molecule has 0 aliphatic carbocycles. The molecule has 1 unspecified atom stereocenters. The number of aromatic nitrogens is 2. The van der Waals surface area contributed by atoms with Crippen LogP contribution >= 0.6 is 11.6 Å². The summed E-state index contributed by atoms with van der Waals surface area (Å²) in [6.07, 6.45) is 0. The fraction of sp³-hybridized carbons (Fsp3) is 0.148. The summed E-state index contributed by atoms with van der Waals surface area (Å²) in [5, 5.41) is 7.92. The molecule has 1 N–H and O–H groups in total. The number of aryl methyl sites for hydroxylation is 1. The van der Waals surface area contributed by atoms with Gasteiger partial charge in [-0.25, -0.2) is 4.79 Å². The molecule has 2 amide bonds. The Labute approximate surface area is 208 Å². The van der Waals surface area contributed by atoms with Crippen molar-refractivity contribution in [1.29, 1.82) is 0 Å². The number of allylic oxidation sites excluding steroid dienone is 1. The minimum Gasteiger partial charge on any atom is -0.497 e. The zero-order chi connectivity index (χ0) is 24.5. The molecule has 1 atom stereocenters. The van der Waals surface area contributed by atoms with Gasteiger partial charge in [0.1, 0.15) is 5.75 Å². The average Bonchev–Trinajstić information content (AvgIpc) is 3.35. The smallest absolute Gasteiger partial charge is 0.326 e. The summed E-state index contributed by atoms with van der Waals surface area (Å²) in [4.78, 5) is 19.6. The summed E-state index contributed by atoms with van der Waals surface area (Å²) in [5.74, 6) is 1.45. The summed E-state index contributed by atoms with van der Waals surface area (Å²) in [7, 11) is 1.61. The topological polar surface area (TPSA) is 80.5 Å². The van der Waals surface area contributed by atoms with E-state index < -0.39 is 6.04 Å². The molecule has 0 spiro atoms. The Kier molecular flexibility index (Phi) is 6.01. The Morgan fingerprint density at radius 3 is 2.49 bits per heavy atom. The fourth-order valence-electron chi connectivity index (χ4n) is 4.14. The second-order valence-electron chi connectivity index (χ2n) is 8.26.